The molecule has 0 atom stereocenters. The zero-order valence-corrected chi connectivity index (χ0v) is 13.6. The lowest BCUT2D eigenvalue weighted by molar-refractivity contribution is 0.00578. The Labute approximate surface area is 121 Å². The lowest BCUT2D eigenvalue weighted by Crippen LogP contribution is -2.41. The van der Waals surface area contributed by atoms with E-state index in [9.17, 15) is 0 Å². The van der Waals surface area contributed by atoms with Crippen LogP contribution in [-0.4, -0.2) is 34.2 Å². The number of aryl methyl sites for hydroxylation is 1. The van der Waals surface area contributed by atoms with Crippen molar-refractivity contribution in [3.05, 3.63) is 11.9 Å². The summed E-state index contributed by atoms with van der Waals surface area (Å²) in [5.74, 6) is 0. The fourth-order valence-electron chi connectivity index (χ4n) is 2.07. The molecule has 6 heteroatoms. The highest BCUT2D eigenvalue weighted by molar-refractivity contribution is 6.62. The molecule has 0 aliphatic carbocycles. The van der Waals surface area contributed by atoms with Gasteiger partial charge in [-0.3, -0.25) is 4.68 Å². The molecule has 5 nitrogen and oxygen atoms in total. The molecule has 0 spiro atoms. The first-order valence-corrected chi connectivity index (χ1v) is 7.12. The third-order valence-corrected chi connectivity index (χ3v) is 4.15. The van der Waals surface area contributed by atoms with Crippen LogP contribution in [-0.2, 0) is 27.7 Å². The number of rotatable bonds is 4. The van der Waals surface area contributed by atoms with E-state index in [4.69, 9.17) is 14.0 Å². The highest BCUT2D eigenvalue weighted by Gasteiger charge is 2.52. The van der Waals surface area contributed by atoms with Crippen LogP contribution >= 0.6 is 0 Å². The maximum Gasteiger partial charge on any atom is 0.498 e. The largest absolute Gasteiger partial charge is 0.498 e. The molecular formula is C14H25BN2O3. The number of nitrogens with zero attached hydrogens (tertiary/aromatic N) is 2. The molecule has 2 heterocycles. The maximum atomic E-state index is 6.08. The fraction of sp³-hybridized carbons (Fsp3) is 0.786. The van der Waals surface area contributed by atoms with Crippen LogP contribution in [0, 0.1) is 0 Å². The molecule has 1 aromatic rings. The number of aromatic nitrogens is 2. The second-order valence-corrected chi connectivity index (χ2v) is 6.62. The van der Waals surface area contributed by atoms with Crippen molar-refractivity contribution in [1.82, 2.24) is 9.78 Å². The topological polar surface area (TPSA) is 45.5 Å². The lowest BCUT2D eigenvalue weighted by atomic mass is 9.79. The van der Waals surface area contributed by atoms with Gasteiger partial charge >= 0.3 is 7.12 Å². The zero-order valence-electron chi connectivity index (χ0n) is 13.6. The molecule has 2 rings (SSSR count). The maximum absolute atomic E-state index is 6.08. The van der Waals surface area contributed by atoms with Gasteiger partial charge in [0.25, 0.3) is 0 Å². The van der Waals surface area contributed by atoms with Gasteiger partial charge in [0, 0.05) is 18.7 Å². The Hall–Kier alpha value is -0.845. The van der Waals surface area contributed by atoms with E-state index in [1.54, 1.807) is 6.20 Å². The molecule has 0 aromatic carbocycles. The van der Waals surface area contributed by atoms with Crippen LogP contribution in [0.1, 0.15) is 47.2 Å². The van der Waals surface area contributed by atoms with Crippen molar-refractivity contribution in [3.8, 4) is 0 Å². The van der Waals surface area contributed by atoms with Gasteiger partial charge in [0.1, 0.15) is 0 Å². The van der Waals surface area contributed by atoms with Gasteiger partial charge in [-0.05, 0) is 41.5 Å². The van der Waals surface area contributed by atoms with Crippen LogP contribution in [0.15, 0.2) is 6.20 Å². The summed E-state index contributed by atoms with van der Waals surface area (Å²) in [6.45, 7) is 12.7. The van der Waals surface area contributed by atoms with Gasteiger partial charge in [0.2, 0.25) is 0 Å². The van der Waals surface area contributed by atoms with Gasteiger partial charge in [0.05, 0.1) is 29.6 Å². The lowest BCUT2D eigenvalue weighted by Gasteiger charge is -2.32. The highest BCUT2D eigenvalue weighted by Crippen LogP contribution is 2.36. The normalized spacial score (nSPS) is 20.9. The van der Waals surface area contributed by atoms with Crippen molar-refractivity contribution in [2.75, 3.05) is 0 Å². The SMILES string of the molecule is CC(C)OCc1c(B2OC(C)(C)C(C)(C)O2)cnn1C. The first-order chi connectivity index (χ1) is 9.14. The van der Waals surface area contributed by atoms with Crippen LogP contribution in [0.2, 0.25) is 0 Å². The molecular weight excluding hydrogens is 255 g/mol. The standard InChI is InChI=1S/C14H25BN2O3/c1-10(2)18-9-12-11(8-16-17(12)7)15-19-13(3,4)14(5,6)20-15/h8,10H,9H2,1-7H3. The minimum absolute atomic E-state index is 0.177. The fourth-order valence-corrected chi connectivity index (χ4v) is 2.07. The van der Waals surface area contributed by atoms with Crippen molar-refractivity contribution >= 4 is 12.6 Å². The summed E-state index contributed by atoms with van der Waals surface area (Å²) in [7, 11) is 1.52. The van der Waals surface area contributed by atoms with Crippen LogP contribution in [0.4, 0.5) is 0 Å². The van der Waals surface area contributed by atoms with E-state index in [1.165, 1.54) is 0 Å². The van der Waals surface area contributed by atoms with Crippen molar-refractivity contribution in [1.29, 1.82) is 0 Å². The molecule has 0 bridgehead atoms. The predicted molar refractivity (Wildman–Crippen MR) is 78.8 cm³/mol. The molecule has 0 radical (unpaired) electrons. The summed E-state index contributed by atoms with van der Waals surface area (Å²) in [5, 5.41) is 4.31. The molecule has 1 fully saturated rings. The number of ether oxygens (including phenoxy) is 1. The Morgan fingerprint density at radius 3 is 2.30 bits per heavy atom. The third-order valence-electron chi connectivity index (χ3n) is 4.15. The first kappa shape index (κ1) is 15.5. The van der Waals surface area contributed by atoms with E-state index >= 15 is 0 Å². The van der Waals surface area contributed by atoms with E-state index in [0.29, 0.717) is 6.61 Å². The van der Waals surface area contributed by atoms with E-state index in [0.717, 1.165) is 11.2 Å². The van der Waals surface area contributed by atoms with E-state index in [2.05, 4.69) is 5.10 Å². The summed E-state index contributed by atoms with van der Waals surface area (Å²) in [6.07, 6.45) is 1.98. The van der Waals surface area contributed by atoms with Crippen molar-refractivity contribution < 1.29 is 14.0 Å². The Kier molecular flexibility index (Phi) is 4.02. The molecule has 1 aliphatic rings. The highest BCUT2D eigenvalue weighted by atomic mass is 16.7. The summed E-state index contributed by atoms with van der Waals surface area (Å²) in [4.78, 5) is 0. The molecule has 112 valence electrons. The third kappa shape index (κ3) is 2.78. The summed E-state index contributed by atoms with van der Waals surface area (Å²) < 4.78 is 19.7. The Morgan fingerprint density at radius 1 is 1.25 bits per heavy atom. The second kappa shape index (κ2) is 5.17. The molecule has 0 N–H and O–H groups in total. The zero-order chi connectivity index (χ0) is 15.1. The first-order valence-electron chi connectivity index (χ1n) is 7.12. The molecule has 1 aliphatic heterocycles. The second-order valence-electron chi connectivity index (χ2n) is 6.62. The van der Waals surface area contributed by atoms with Gasteiger partial charge in [-0.1, -0.05) is 0 Å². The number of hydrogen-bond acceptors (Lipinski definition) is 4. The Morgan fingerprint density at radius 2 is 1.80 bits per heavy atom. The van der Waals surface area contributed by atoms with Gasteiger partial charge in [-0.15, -0.1) is 0 Å². The minimum atomic E-state index is -0.389. The van der Waals surface area contributed by atoms with Crippen LogP contribution < -0.4 is 5.46 Å². The van der Waals surface area contributed by atoms with Crippen molar-refractivity contribution in [3.63, 3.8) is 0 Å². The molecule has 1 aromatic heterocycles. The molecule has 0 saturated carbocycles. The van der Waals surface area contributed by atoms with E-state index in [-0.39, 0.29) is 24.4 Å². The van der Waals surface area contributed by atoms with E-state index in [1.807, 2.05) is 53.3 Å². The van der Waals surface area contributed by atoms with Gasteiger partial charge in [0.15, 0.2) is 0 Å². The van der Waals surface area contributed by atoms with Gasteiger partial charge in [-0.2, -0.15) is 5.10 Å². The summed E-state index contributed by atoms with van der Waals surface area (Å²) >= 11 is 0. The van der Waals surface area contributed by atoms with E-state index < -0.39 is 0 Å². The molecule has 20 heavy (non-hydrogen) atoms. The van der Waals surface area contributed by atoms with Crippen molar-refractivity contribution in [2.24, 2.45) is 7.05 Å². The molecule has 0 amide bonds. The average molecular weight is 280 g/mol. The van der Waals surface area contributed by atoms with Crippen LogP contribution in [0.5, 0.6) is 0 Å². The quantitative estimate of drug-likeness (QED) is 0.787. The van der Waals surface area contributed by atoms with Gasteiger partial charge < -0.3 is 14.0 Å². The summed E-state index contributed by atoms with van der Waals surface area (Å²) in [5.41, 5.74) is 1.26. The Bertz CT molecular complexity index is 467. The van der Waals surface area contributed by atoms with Crippen LogP contribution in [0.3, 0.4) is 0 Å². The minimum Gasteiger partial charge on any atom is -0.399 e. The van der Waals surface area contributed by atoms with Crippen molar-refractivity contribution in [2.45, 2.75) is 65.5 Å². The molecule has 0 unspecified atom stereocenters. The predicted octanol–water partition coefficient (Wildman–Crippen LogP) is 1.64. The van der Waals surface area contributed by atoms with Crippen LogP contribution in [0.25, 0.3) is 0 Å². The average Bonchev–Trinajstić information content (AvgIpc) is 2.75. The number of hydrogen-bond donors (Lipinski definition) is 0. The summed E-state index contributed by atoms with van der Waals surface area (Å²) in [6, 6.07) is 0. The smallest absolute Gasteiger partial charge is 0.399 e. The Balaban J connectivity index is 2.22. The monoisotopic (exact) mass is 280 g/mol. The van der Waals surface area contributed by atoms with Gasteiger partial charge in [-0.25, -0.2) is 0 Å². The molecule has 1 saturated heterocycles.